The maximum atomic E-state index is 6.11. The lowest BCUT2D eigenvalue weighted by Crippen LogP contribution is -2.35. The van der Waals surface area contributed by atoms with Crippen LogP contribution in [-0.2, 0) is 11.3 Å². The fourth-order valence-corrected chi connectivity index (χ4v) is 3.28. The van der Waals surface area contributed by atoms with Gasteiger partial charge in [-0.15, -0.1) is 0 Å². The third-order valence-electron chi connectivity index (χ3n) is 4.52. The normalized spacial score (nSPS) is 25.9. The van der Waals surface area contributed by atoms with Crippen LogP contribution in [0.2, 0.25) is 0 Å². The average molecular weight is 285 g/mol. The highest BCUT2D eigenvalue weighted by Gasteiger charge is 2.31. The van der Waals surface area contributed by atoms with Crippen LogP contribution in [-0.4, -0.2) is 12.6 Å². The molecule has 0 saturated heterocycles. The molecule has 21 heavy (non-hydrogen) atoms. The first kappa shape index (κ1) is 14.4. The van der Waals surface area contributed by atoms with Crippen molar-refractivity contribution >= 4 is 0 Å². The maximum Gasteiger partial charge on any atom is 0.129 e. The van der Waals surface area contributed by atoms with Crippen LogP contribution in [0.1, 0.15) is 36.5 Å². The van der Waals surface area contributed by atoms with Crippen molar-refractivity contribution in [3.63, 3.8) is 0 Å². The molecule has 1 aromatic carbocycles. The Labute approximate surface area is 126 Å². The summed E-state index contributed by atoms with van der Waals surface area (Å²) in [5.41, 5.74) is 7.34. The molecule has 3 atom stereocenters. The Balaban J connectivity index is 1.64. The molecule has 3 rings (SSSR count). The van der Waals surface area contributed by atoms with Crippen molar-refractivity contribution in [1.29, 1.82) is 0 Å². The van der Waals surface area contributed by atoms with Crippen molar-refractivity contribution in [2.45, 2.75) is 37.9 Å². The quantitative estimate of drug-likeness (QED) is 0.911. The summed E-state index contributed by atoms with van der Waals surface area (Å²) < 4.78 is 11.5. The Bertz CT molecular complexity index is 523. The first-order valence-electron chi connectivity index (χ1n) is 7.76. The van der Waals surface area contributed by atoms with E-state index in [2.05, 4.69) is 30.3 Å². The van der Waals surface area contributed by atoms with Crippen molar-refractivity contribution in [1.82, 2.24) is 0 Å². The molecular weight excluding hydrogens is 262 g/mol. The molecule has 0 aliphatic heterocycles. The van der Waals surface area contributed by atoms with Crippen LogP contribution < -0.4 is 5.73 Å². The minimum absolute atomic E-state index is 0.221. The van der Waals surface area contributed by atoms with Gasteiger partial charge in [0, 0.05) is 0 Å². The van der Waals surface area contributed by atoms with Gasteiger partial charge in [0.15, 0.2) is 0 Å². The molecule has 2 aromatic rings. The zero-order chi connectivity index (χ0) is 14.5. The topological polar surface area (TPSA) is 48.4 Å². The third-order valence-corrected chi connectivity index (χ3v) is 4.52. The molecule has 1 fully saturated rings. The summed E-state index contributed by atoms with van der Waals surface area (Å²) in [5, 5.41) is 0. The minimum Gasteiger partial charge on any atom is -0.467 e. The fourth-order valence-electron chi connectivity index (χ4n) is 3.28. The van der Waals surface area contributed by atoms with Crippen LogP contribution in [0.15, 0.2) is 53.1 Å². The van der Waals surface area contributed by atoms with Crippen molar-refractivity contribution in [3.05, 3.63) is 60.1 Å². The van der Waals surface area contributed by atoms with Gasteiger partial charge in [-0.05, 0) is 55.3 Å². The van der Waals surface area contributed by atoms with E-state index in [1.54, 1.807) is 6.26 Å². The molecule has 1 aromatic heterocycles. The average Bonchev–Trinajstić information content (AvgIpc) is 3.07. The predicted molar refractivity (Wildman–Crippen MR) is 82.9 cm³/mol. The molecule has 2 N–H and O–H groups in total. The second kappa shape index (κ2) is 6.92. The molecule has 1 saturated carbocycles. The van der Waals surface area contributed by atoms with Crippen LogP contribution >= 0.6 is 0 Å². The van der Waals surface area contributed by atoms with Gasteiger partial charge in [-0.3, -0.25) is 0 Å². The van der Waals surface area contributed by atoms with Crippen LogP contribution in [0.3, 0.4) is 0 Å². The van der Waals surface area contributed by atoms with E-state index in [1.165, 1.54) is 12.0 Å². The van der Waals surface area contributed by atoms with E-state index in [4.69, 9.17) is 14.9 Å². The lowest BCUT2D eigenvalue weighted by atomic mass is 9.77. The molecule has 3 heteroatoms. The van der Waals surface area contributed by atoms with Crippen molar-refractivity contribution < 1.29 is 9.15 Å². The molecule has 0 radical (unpaired) electrons. The molecule has 112 valence electrons. The molecule has 1 aliphatic rings. The van der Waals surface area contributed by atoms with Gasteiger partial charge in [-0.25, -0.2) is 0 Å². The number of nitrogens with two attached hydrogens (primary N) is 1. The number of furan rings is 1. The second-order valence-corrected chi connectivity index (χ2v) is 5.85. The molecule has 0 amide bonds. The van der Waals surface area contributed by atoms with E-state index >= 15 is 0 Å². The van der Waals surface area contributed by atoms with Gasteiger partial charge in [0.2, 0.25) is 0 Å². The van der Waals surface area contributed by atoms with Gasteiger partial charge in [-0.2, -0.15) is 0 Å². The Kier molecular flexibility index (Phi) is 4.73. The molecule has 3 nitrogen and oxygen atoms in total. The highest BCUT2D eigenvalue weighted by atomic mass is 16.5. The maximum absolute atomic E-state index is 6.11. The third kappa shape index (κ3) is 3.55. The smallest absolute Gasteiger partial charge is 0.129 e. The van der Waals surface area contributed by atoms with E-state index < -0.39 is 0 Å². The van der Waals surface area contributed by atoms with Crippen molar-refractivity contribution in [3.8, 4) is 0 Å². The van der Waals surface area contributed by atoms with Gasteiger partial charge in [0.05, 0.1) is 12.4 Å². The van der Waals surface area contributed by atoms with Gasteiger partial charge in [0.25, 0.3) is 0 Å². The zero-order valence-corrected chi connectivity index (χ0v) is 12.3. The Hall–Kier alpha value is -1.58. The lowest BCUT2D eigenvalue weighted by Gasteiger charge is -2.35. The molecule has 1 heterocycles. The van der Waals surface area contributed by atoms with Crippen LogP contribution in [0.4, 0.5) is 0 Å². The van der Waals surface area contributed by atoms with E-state index in [0.717, 1.165) is 18.6 Å². The summed E-state index contributed by atoms with van der Waals surface area (Å²) in [6.07, 6.45) is 5.30. The Morgan fingerprint density at radius 2 is 1.95 bits per heavy atom. The van der Waals surface area contributed by atoms with E-state index in [-0.39, 0.29) is 6.10 Å². The highest BCUT2D eigenvalue weighted by molar-refractivity contribution is 5.20. The number of ether oxygens (including phenoxy) is 1. The number of rotatable bonds is 5. The van der Waals surface area contributed by atoms with Crippen LogP contribution in [0.5, 0.6) is 0 Å². The van der Waals surface area contributed by atoms with E-state index in [1.807, 2.05) is 12.1 Å². The summed E-state index contributed by atoms with van der Waals surface area (Å²) >= 11 is 0. The Morgan fingerprint density at radius 3 is 2.67 bits per heavy atom. The minimum atomic E-state index is 0.221. The van der Waals surface area contributed by atoms with Crippen molar-refractivity contribution in [2.75, 3.05) is 6.54 Å². The zero-order valence-electron chi connectivity index (χ0n) is 12.3. The lowest BCUT2D eigenvalue weighted by molar-refractivity contribution is -0.0298. The largest absolute Gasteiger partial charge is 0.467 e. The van der Waals surface area contributed by atoms with Crippen molar-refractivity contribution in [2.24, 2.45) is 11.7 Å². The number of benzene rings is 1. The molecule has 0 bridgehead atoms. The van der Waals surface area contributed by atoms with E-state index in [0.29, 0.717) is 25.0 Å². The standard InChI is InChI=1S/C18H23NO2/c19-12-16-9-8-15(14-5-2-1-3-6-14)11-18(16)21-13-17-7-4-10-20-17/h1-7,10,15-16,18H,8-9,11-13,19H2. The number of hydrogen-bond donors (Lipinski definition) is 1. The van der Waals surface area contributed by atoms with Gasteiger partial charge in [-0.1, -0.05) is 30.3 Å². The van der Waals surface area contributed by atoms with Gasteiger partial charge >= 0.3 is 0 Å². The predicted octanol–water partition coefficient (Wildman–Crippen LogP) is 3.71. The first-order valence-corrected chi connectivity index (χ1v) is 7.76. The molecule has 3 unspecified atom stereocenters. The number of hydrogen-bond acceptors (Lipinski definition) is 3. The van der Waals surface area contributed by atoms with E-state index in [9.17, 15) is 0 Å². The fraction of sp³-hybridized carbons (Fsp3) is 0.444. The summed E-state index contributed by atoms with van der Waals surface area (Å²) in [6.45, 7) is 1.24. The summed E-state index contributed by atoms with van der Waals surface area (Å²) in [5.74, 6) is 1.92. The van der Waals surface area contributed by atoms with Gasteiger partial charge in [0.1, 0.15) is 12.4 Å². The summed E-state index contributed by atoms with van der Waals surface area (Å²) in [7, 11) is 0. The molecule has 1 aliphatic carbocycles. The Morgan fingerprint density at radius 1 is 1.10 bits per heavy atom. The second-order valence-electron chi connectivity index (χ2n) is 5.85. The monoisotopic (exact) mass is 285 g/mol. The summed E-state index contributed by atoms with van der Waals surface area (Å²) in [6, 6.07) is 14.6. The van der Waals surface area contributed by atoms with Gasteiger partial charge < -0.3 is 14.9 Å². The molecular formula is C18H23NO2. The summed E-state index contributed by atoms with van der Waals surface area (Å²) in [4.78, 5) is 0. The highest BCUT2D eigenvalue weighted by Crippen LogP contribution is 2.37. The molecule has 0 spiro atoms. The van der Waals surface area contributed by atoms with Crippen LogP contribution in [0.25, 0.3) is 0 Å². The first-order chi connectivity index (χ1) is 10.4. The SMILES string of the molecule is NCC1CCC(c2ccccc2)CC1OCc1ccco1. The van der Waals surface area contributed by atoms with Crippen LogP contribution in [0, 0.1) is 5.92 Å².